The fourth-order valence-electron chi connectivity index (χ4n) is 6.43. The lowest BCUT2D eigenvalue weighted by atomic mass is 9.85. The van der Waals surface area contributed by atoms with Crippen LogP contribution in [-0.2, 0) is 0 Å². The van der Waals surface area contributed by atoms with Gasteiger partial charge in [-0.15, -0.1) is 0 Å². The van der Waals surface area contributed by atoms with Gasteiger partial charge in [0.05, 0.1) is 5.69 Å². The number of aromatic nitrogens is 1. The maximum Gasteiger partial charge on any atom is 0.0780 e. The zero-order chi connectivity index (χ0) is 27.9. The highest BCUT2D eigenvalue weighted by molar-refractivity contribution is 6.22. The van der Waals surface area contributed by atoms with Crippen LogP contribution in [0.5, 0.6) is 0 Å². The third-order valence-electron chi connectivity index (χ3n) is 8.30. The summed E-state index contributed by atoms with van der Waals surface area (Å²) in [5, 5.41) is 7.36. The van der Waals surface area contributed by atoms with E-state index >= 15 is 0 Å². The van der Waals surface area contributed by atoms with Crippen LogP contribution in [0.2, 0.25) is 0 Å². The molecule has 1 nitrogen and oxygen atoms in total. The maximum absolute atomic E-state index is 5.11. The van der Waals surface area contributed by atoms with Gasteiger partial charge < -0.3 is 0 Å². The quantitative estimate of drug-likeness (QED) is 0.205. The van der Waals surface area contributed by atoms with Gasteiger partial charge in [-0.1, -0.05) is 152 Å². The van der Waals surface area contributed by atoms with Crippen LogP contribution >= 0.6 is 0 Å². The van der Waals surface area contributed by atoms with Crippen LogP contribution in [0.1, 0.15) is 0 Å². The molecule has 0 amide bonds. The molecule has 0 radical (unpaired) electrons. The second-order valence-electron chi connectivity index (χ2n) is 10.7. The molecule has 0 atom stereocenters. The third-order valence-corrected chi connectivity index (χ3v) is 8.30. The summed E-state index contributed by atoms with van der Waals surface area (Å²) in [7, 11) is 0. The third kappa shape index (κ3) is 3.98. The topological polar surface area (TPSA) is 12.9 Å². The molecule has 1 heteroatoms. The Kier molecular flexibility index (Phi) is 5.86. The minimum Gasteiger partial charge on any atom is -0.255 e. The maximum atomic E-state index is 5.11. The molecular formula is C41H27N. The molecule has 0 fully saturated rings. The number of benzene rings is 7. The number of nitrogens with zero attached hydrogens (tertiary/aromatic N) is 1. The summed E-state index contributed by atoms with van der Waals surface area (Å²) in [6.07, 6.45) is 2.03. The lowest BCUT2D eigenvalue weighted by Gasteiger charge is -2.19. The predicted molar refractivity (Wildman–Crippen MR) is 178 cm³/mol. The highest BCUT2D eigenvalue weighted by Crippen LogP contribution is 2.45. The highest BCUT2D eigenvalue weighted by Gasteiger charge is 2.18. The minimum atomic E-state index is 1.00. The van der Waals surface area contributed by atoms with E-state index in [2.05, 4.69) is 158 Å². The normalized spacial score (nSPS) is 11.3. The fraction of sp³-hybridized carbons (Fsp3) is 0. The van der Waals surface area contributed by atoms with E-state index in [-0.39, 0.29) is 0 Å². The molecule has 0 spiro atoms. The Morgan fingerprint density at radius 1 is 0.310 bits per heavy atom. The molecule has 7 aromatic carbocycles. The lowest BCUT2D eigenvalue weighted by Crippen LogP contribution is -1.93. The van der Waals surface area contributed by atoms with Crippen LogP contribution in [0.25, 0.3) is 77.0 Å². The van der Waals surface area contributed by atoms with Crippen molar-refractivity contribution in [3.8, 4) is 44.6 Å². The van der Waals surface area contributed by atoms with Crippen molar-refractivity contribution in [2.45, 2.75) is 0 Å². The molecule has 196 valence electrons. The number of rotatable bonds is 4. The van der Waals surface area contributed by atoms with Crippen LogP contribution in [0.3, 0.4) is 0 Å². The van der Waals surface area contributed by atoms with Crippen molar-refractivity contribution in [3.05, 3.63) is 164 Å². The Labute approximate surface area is 245 Å². The minimum absolute atomic E-state index is 1.00. The molecule has 8 aromatic rings. The smallest absolute Gasteiger partial charge is 0.0780 e. The van der Waals surface area contributed by atoms with E-state index in [1.165, 1.54) is 54.7 Å². The SMILES string of the molecule is c1ccc(-c2cnc(-c3ccc4c(-c5ccccc5)c5ccccc5c(-c5ccccc5)c4c3)c3ccccc23)cc1. The van der Waals surface area contributed by atoms with E-state index in [0.29, 0.717) is 0 Å². The van der Waals surface area contributed by atoms with Gasteiger partial charge in [0, 0.05) is 22.7 Å². The predicted octanol–water partition coefficient (Wildman–Crippen LogP) is 11.2. The lowest BCUT2D eigenvalue weighted by molar-refractivity contribution is 1.36. The molecule has 0 saturated carbocycles. The van der Waals surface area contributed by atoms with Gasteiger partial charge in [0.25, 0.3) is 0 Å². The Morgan fingerprint density at radius 3 is 1.36 bits per heavy atom. The van der Waals surface area contributed by atoms with Crippen molar-refractivity contribution in [2.75, 3.05) is 0 Å². The van der Waals surface area contributed by atoms with Crippen molar-refractivity contribution in [1.82, 2.24) is 4.98 Å². The standard InChI is InChI=1S/C41H27N/c1-4-14-28(15-5-1)38-27-42-41(36-23-13-10-20-32(36)38)31-24-25-35-37(26-31)40(30-18-8-3-9-19-30)34-22-12-11-21-33(34)39(35)29-16-6-2-7-17-29/h1-27H. The van der Waals surface area contributed by atoms with Crippen LogP contribution in [-0.4, -0.2) is 4.98 Å². The summed E-state index contributed by atoms with van der Waals surface area (Å²) in [6, 6.07) is 56.4. The van der Waals surface area contributed by atoms with Gasteiger partial charge in [-0.25, -0.2) is 0 Å². The van der Waals surface area contributed by atoms with E-state index in [9.17, 15) is 0 Å². The summed E-state index contributed by atoms with van der Waals surface area (Å²) in [5.41, 5.74) is 9.41. The van der Waals surface area contributed by atoms with E-state index in [1.807, 2.05) is 6.20 Å². The Hall–Kier alpha value is -5.53. The number of hydrogen-bond acceptors (Lipinski definition) is 1. The van der Waals surface area contributed by atoms with Crippen LogP contribution in [0.15, 0.2) is 164 Å². The highest BCUT2D eigenvalue weighted by atomic mass is 14.7. The first-order chi connectivity index (χ1) is 20.9. The summed E-state index contributed by atoms with van der Waals surface area (Å²) in [4.78, 5) is 5.11. The molecule has 0 N–H and O–H groups in total. The van der Waals surface area contributed by atoms with Crippen molar-refractivity contribution in [3.63, 3.8) is 0 Å². The van der Waals surface area contributed by atoms with Crippen LogP contribution < -0.4 is 0 Å². The van der Waals surface area contributed by atoms with Crippen molar-refractivity contribution in [1.29, 1.82) is 0 Å². The Bertz CT molecular complexity index is 2220. The summed E-state index contributed by atoms with van der Waals surface area (Å²) in [5.74, 6) is 0. The zero-order valence-corrected chi connectivity index (χ0v) is 23.0. The number of hydrogen-bond donors (Lipinski definition) is 0. The van der Waals surface area contributed by atoms with Gasteiger partial charge >= 0.3 is 0 Å². The van der Waals surface area contributed by atoms with E-state index in [4.69, 9.17) is 4.98 Å². The van der Waals surface area contributed by atoms with E-state index in [1.54, 1.807) is 0 Å². The summed E-state index contributed by atoms with van der Waals surface area (Å²) >= 11 is 0. The average Bonchev–Trinajstić information content (AvgIpc) is 3.07. The molecule has 1 aromatic heterocycles. The van der Waals surface area contributed by atoms with Crippen LogP contribution in [0, 0.1) is 0 Å². The van der Waals surface area contributed by atoms with Crippen molar-refractivity contribution in [2.24, 2.45) is 0 Å². The molecule has 1 heterocycles. The molecule has 0 saturated heterocycles. The Morgan fingerprint density at radius 2 is 0.762 bits per heavy atom. The fourth-order valence-corrected chi connectivity index (χ4v) is 6.43. The van der Waals surface area contributed by atoms with Crippen LogP contribution in [0.4, 0.5) is 0 Å². The van der Waals surface area contributed by atoms with Gasteiger partial charge in [-0.3, -0.25) is 4.98 Å². The van der Waals surface area contributed by atoms with Gasteiger partial charge in [0.2, 0.25) is 0 Å². The second-order valence-corrected chi connectivity index (χ2v) is 10.7. The molecular weight excluding hydrogens is 506 g/mol. The molecule has 0 aliphatic carbocycles. The van der Waals surface area contributed by atoms with Gasteiger partial charge in [-0.05, 0) is 60.8 Å². The average molecular weight is 534 g/mol. The van der Waals surface area contributed by atoms with E-state index < -0.39 is 0 Å². The first kappa shape index (κ1) is 24.3. The molecule has 0 bridgehead atoms. The molecule has 0 aliphatic rings. The van der Waals surface area contributed by atoms with Gasteiger partial charge in [0.15, 0.2) is 0 Å². The molecule has 8 rings (SSSR count). The molecule has 0 unspecified atom stereocenters. The monoisotopic (exact) mass is 533 g/mol. The molecule has 42 heavy (non-hydrogen) atoms. The number of fused-ring (bicyclic) bond motifs is 3. The van der Waals surface area contributed by atoms with Gasteiger partial charge in [0.1, 0.15) is 0 Å². The first-order valence-electron chi connectivity index (χ1n) is 14.4. The largest absolute Gasteiger partial charge is 0.255 e. The Balaban J connectivity index is 1.46. The summed E-state index contributed by atoms with van der Waals surface area (Å²) in [6.45, 7) is 0. The summed E-state index contributed by atoms with van der Waals surface area (Å²) < 4.78 is 0. The first-order valence-corrected chi connectivity index (χ1v) is 14.4. The number of pyridine rings is 1. The second kappa shape index (κ2) is 10.1. The molecule has 0 aliphatic heterocycles. The van der Waals surface area contributed by atoms with Crippen molar-refractivity contribution >= 4 is 32.3 Å². The van der Waals surface area contributed by atoms with Gasteiger partial charge in [-0.2, -0.15) is 0 Å². The van der Waals surface area contributed by atoms with Crippen molar-refractivity contribution < 1.29 is 0 Å². The van der Waals surface area contributed by atoms with E-state index in [0.717, 1.165) is 22.2 Å². The zero-order valence-electron chi connectivity index (χ0n) is 23.0.